The van der Waals surface area contributed by atoms with Gasteiger partial charge in [0.2, 0.25) is 0 Å². The summed E-state index contributed by atoms with van der Waals surface area (Å²) in [6.07, 6.45) is 5.65. The number of rotatable bonds is 5. The van der Waals surface area contributed by atoms with E-state index in [4.69, 9.17) is 0 Å². The van der Waals surface area contributed by atoms with Gasteiger partial charge in [0.15, 0.2) is 10.1 Å². The summed E-state index contributed by atoms with van der Waals surface area (Å²) in [4.78, 5) is 13.0. The quantitative estimate of drug-likeness (QED) is 0.759. The van der Waals surface area contributed by atoms with Crippen LogP contribution in [0.1, 0.15) is 19.5 Å². The lowest BCUT2D eigenvalue weighted by Gasteiger charge is -2.08. The zero-order valence-electron chi connectivity index (χ0n) is 10.8. The molecule has 0 bridgehead atoms. The number of thiazole rings is 1. The summed E-state index contributed by atoms with van der Waals surface area (Å²) < 4.78 is 2.14. The summed E-state index contributed by atoms with van der Waals surface area (Å²) in [5.41, 5.74) is 1.19. The number of fused-ring (bicyclic) bond motifs is 1. The average molecular weight is 293 g/mol. The van der Waals surface area contributed by atoms with Crippen LogP contribution >= 0.6 is 23.1 Å². The van der Waals surface area contributed by atoms with Gasteiger partial charge in [-0.1, -0.05) is 13.8 Å². The number of aromatic nitrogens is 4. The second-order valence-electron chi connectivity index (χ2n) is 4.45. The van der Waals surface area contributed by atoms with E-state index in [0.717, 1.165) is 21.7 Å². The van der Waals surface area contributed by atoms with Crippen molar-refractivity contribution < 1.29 is 0 Å². The van der Waals surface area contributed by atoms with E-state index in [-0.39, 0.29) is 0 Å². The molecule has 7 heteroatoms. The molecule has 0 unspecified atom stereocenters. The van der Waals surface area contributed by atoms with E-state index in [1.807, 2.05) is 6.20 Å². The summed E-state index contributed by atoms with van der Waals surface area (Å²) >= 11 is 3.22. The van der Waals surface area contributed by atoms with E-state index in [1.54, 1.807) is 29.3 Å². The Morgan fingerprint density at radius 3 is 3.16 bits per heavy atom. The third-order valence-corrected chi connectivity index (χ3v) is 4.36. The topological polar surface area (TPSA) is 58.0 Å². The Bertz CT molecular complexity index is 653. The monoisotopic (exact) mass is 293 g/mol. The highest BCUT2D eigenvalue weighted by Crippen LogP contribution is 2.29. The molecule has 0 fully saturated rings. The fourth-order valence-corrected chi connectivity index (χ4v) is 3.39. The molecule has 0 atom stereocenters. The first-order valence-electron chi connectivity index (χ1n) is 6.09. The van der Waals surface area contributed by atoms with Crippen molar-refractivity contribution in [3.63, 3.8) is 0 Å². The minimum Gasteiger partial charge on any atom is -0.339 e. The molecule has 3 rings (SSSR count). The molecule has 3 aromatic rings. The Hall–Kier alpha value is -1.31. The summed E-state index contributed by atoms with van der Waals surface area (Å²) in [7, 11) is 0. The molecule has 0 aromatic carbocycles. The normalized spacial score (nSPS) is 11.7. The first-order chi connectivity index (χ1) is 9.24. The Morgan fingerprint density at radius 1 is 1.53 bits per heavy atom. The van der Waals surface area contributed by atoms with Crippen molar-refractivity contribution in [2.24, 2.45) is 0 Å². The Labute approximate surface area is 119 Å². The first-order valence-corrected chi connectivity index (χ1v) is 7.78. The highest BCUT2D eigenvalue weighted by Gasteiger charge is 2.15. The highest BCUT2D eigenvalue weighted by molar-refractivity contribution is 7.99. The smallest absolute Gasteiger partial charge is 0.194 e. The zero-order chi connectivity index (χ0) is 13.2. The standard InChI is InChI=1S/C12H15N5S2/c1-8(2)15-7-9-10(19-11-13-3-4-14-11)16-12-17(9)5-6-18-12/h3-6,8,15H,7H2,1-2H3,(H,13,14). The SMILES string of the molecule is CC(C)NCc1c(Sc2ncc[nH]2)nc2sccn12. The molecule has 5 nitrogen and oxygen atoms in total. The summed E-state index contributed by atoms with van der Waals surface area (Å²) in [5, 5.41) is 7.39. The van der Waals surface area contributed by atoms with Gasteiger partial charge >= 0.3 is 0 Å². The van der Waals surface area contributed by atoms with Crippen molar-refractivity contribution in [3.8, 4) is 0 Å². The van der Waals surface area contributed by atoms with Crippen molar-refractivity contribution >= 4 is 28.1 Å². The fraction of sp³-hybridized carbons (Fsp3) is 0.333. The second-order valence-corrected chi connectivity index (χ2v) is 6.30. The van der Waals surface area contributed by atoms with Gasteiger partial charge in [0.05, 0.1) is 5.69 Å². The van der Waals surface area contributed by atoms with Crippen molar-refractivity contribution in [1.29, 1.82) is 0 Å². The number of nitrogens with zero attached hydrogens (tertiary/aromatic N) is 3. The fourth-order valence-electron chi connectivity index (χ4n) is 1.75. The predicted octanol–water partition coefficient (Wildman–Crippen LogP) is 2.77. The molecule has 0 amide bonds. The summed E-state index contributed by atoms with van der Waals surface area (Å²) in [6.45, 7) is 5.09. The van der Waals surface area contributed by atoms with Crippen LogP contribution in [-0.4, -0.2) is 25.4 Å². The van der Waals surface area contributed by atoms with Crippen LogP contribution < -0.4 is 5.32 Å². The van der Waals surface area contributed by atoms with Crippen LogP contribution in [0.3, 0.4) is 0 Å². The lowest BCUT2D eigenvalue weighted by atomic mass is 10.3. The molecule has 0 spiro atoms. The lowest BCUT2D eigenvalue weighted by Crippen LogP contribution is -2.22. The number of H-pyrrole nitrogens is 1. The van der Waals surface area contributed by atoms with E-state index in [0.29, 0.717) is 6.04 Å². The van der Waals surface area contributed by atoms with Crippen LogP contribution in [0.2, 0.25) is 0 Å². The van der Waals surface area contributed by atoms with Gasteiger partial charge in [-0.2, -0.15) is 0 Å². The molecule has 0 aliphatic carbocycles. The number of hydrogen-bond acceptors (Lipinski definition) is 5. The van der Waals surface area contributed by atoms with Gasteiger partial charge in [0, 0.05) is 36.6 Å². The van der Waals surface area contributed by atoms with Gasteiger partial charge in [-0.15, -0.1) is 11.3 Å². The maximum absolute atomic E-state index is 4.67. The molecule has 3 heterocycles. The number of imidazole rings is 2. The Balaban J connectivity index is 1.93. The second kappa shape index (κ2) is 5.36. The van der Waals surface area contributed by atoms with Crippen LogP contribution in [0.25, 0.3) is 4.96 Å². The molecule has 2 N–H and O–H groups in total. The zero-order valence-corrected chi connectivity index (χ0v) is 12.4. The van der Waals surface area contributed by atoms with Gasteiger partial charge in [0.25, 0.3) is 0 Å². The van der Waals surface area contributed by atoms with Crippen LogP contribution in [0.5, 0.6) is 0 Å². The van der Waals surface area contributed by atoms with E-state index < -0.39 is 0 Å². The minimum absolute atomic E-state index is 0.450. The molecular weight excluding hydrogens is 278 g/mol. The van der Waals surface area contributed by atoms with E-state index >= 15 is 0 Å². The molecule has 19 heavy (non-hydrogen) atoms. The Morgan fingerprint density at radius 2 is 2.42 bits per heavy atom. The number of aromatic amines is 1. The predicted molar refractivity (Wildman–Crippen MR) is 77.8 cm³/mol. The molecule has 3 aromatic heterocycles. The summed E-state index contributed by atoms with van der Waals surface area (Å²) in [5.74, 6) is 0. The lowest BCUT2D eigenvalue weighted by molar-refractivity contribution is 0.574. The largest absolute Gasteiger partial charge is 0.339 e. The maximum Gasteiger partial charge on any atom is 0.194 e. The van der Waals surface area contributed by atoms with Crippen LogP contribution in [0.4, 0.5) is 0 Å². The molecular formula is C12H15N5S2. The number of nitrogens with one attached hydrogen (secondary N) is 2. The van der Waals surface area contributed by atoms with Crippen molar-refractivity contribution in [2.75, 3.05) is 0 Å². The molecule has 0 radical (unpaired) electrons. The van der Waals surface area contributed by atoms with Crippen LogP contribution in [0.15, 0.2) is 34.2 Å². The third-order valence-electron chi connectivity index (χ3n) is 2.67. The van der Waals surface area contributed by atoms with Gasteiger partial charge in [-0.05, 0) is 11.8 Å². The van der Waals surface area contributed by atoms with Gasteiger partial charge in [-0.3, -0.25) is 4.40 Å². The molecule has 0 saturated carbocycles. The molecule has 0 aliphatic heterocycles. The van der Waals surface area contributed by atoms with Gasteiger partial charge in [-0.25, -0.2) is 9.97 Å². The van der Waals surface area contributed by atoms with E-state index in [1.165, 1.54) is 5.69 Å². The van der Waals surface area contributed by atoms with Gasteiger partial charge < -0.3 is 10.3 Å². The molecule has 0 saturated heterocycles. The van der Waals surface area contributed by atoms with Gasteiger partial charge in [0.1, 0.15) is 5.03 Å². The highest BCUT2D eigenvalue weighted by atomic mass is 32.2. The van der Waals surface area contributed by atoms with Crippen molar-refractivity contribution in [2.45, 2.75) is 36.6 Å². The number of hydrogen-bond donors (Lipinski definition) is 2. The third kappa shape index (κ3) is 2.68. The van der Waals surface area contributed by atoms with Crippen LogP contribution in [0, 0.1) is 0 Å². The maximum atomic E-state index is 4.67. The molecule has 100 valence electrons. The first kappa shape index (κ1) is 12.7. The minimum atomic E-state index is 0.450. The van der Waals surface area contributed by atoms with Crippen LogP contribution in [-0.2, 0) is 6.54 Å². The van der Waals surface area contributed by atoms with E-state index in [2.05, 4.69) is 50.1 Å². The Kier molecular flexibility index (Phi) is 3.58. The summed E-state index contributed by atoms with van der Waals surface area (Å²) in [6, 6.07) is 0.450. The van der Waals surface area contributed by atoms with E-state index in [9.17, 15) is 0 Å². The van der Waals surface area contributed by atoms with Crippen molar-refractivity contribution in [3.05, 3.63) is 29.7 Å². The average Bonchev–Trinajstić information content (AvgIpc) is 3.04. The molecule has 0 aliphatic rings. The van der Waals surface area contributed by atoms with Crippen molar-refractivity contribution in [1.82, 2.24) is 24.7 Å².